The van der Waals surface area contributed by atoms with E-state index in [1.54, 1.807) is 12.8 Å². The highest BCUT2D eigenvalue weighted by Gasteiger charge is 2.54. The van der Waals surface area contributed by atoms with Crippen molar-refractivity contribution >= 4 is 0 Å². The van der Waals surface area contributed by atoms with E-state index in [0.29, 0.717) is 5.41 Å². The molecule has 0 N–H and O–H groups in total. The van der Waals surface area contributed by atoms with E-state index in [4.69, 9.17) is 0 Å². The van der Waals surface area contributed by atoms with E-state index < -0.39 is 0 Å². The van der Waals surface area contributed by atoms with Gasteiger partial charge in [0.1, 0.15) is 0 Å². The van der Waals surface area contributed by atoms with Gasteiger partial charge in [0, 0.05) is 0 Å². The van der Waals surface area contributed by atoms with Crippen molar-refractivity contribution < 1.29 is 0 Å². The van der Waals surface area contributed by atoms with Crippen LogP contribution in [0.1, 0.15) is 72.6 Å². The monoisotopic (exact) mass is 208 g/mol. The van der Waals surface area contributed by atoms with Crippen molar-refractivity contribution in [1.82, 2.24) is 0 Å². The maximum absolute atomic E-state index is 2.44. The topological polar surface area (TPSA) is 0 Å². The van der Waals surface area contributed by atoms with Gasteiger partial charge in [-0.25, -0.2) is 0 Å². The molecule has 0 aromatic rings. The van der Waals surface area contributed by atoms with Gasteiger partial charge in [0.2, 0.25) is 0 Å². The summed E-state index contributed by atoms with van der Waals surface area (Å²) < 4.78 is 0. The zero-order valence-electron chi connectivity index (χ0n) is 11.1. The molecule has 0 amide bonds. The lowest BCUT2D eigenvalue weighted by Gasteiger charge is -2.47. The second-order valence-corrected chi connectivity index (χ2v) is 7.18. The summed E-state index contributed by atoms with van der Waals surface area (Å²) in [6.45, 7) is 9.62. The normalized spacial score (nSPS) is 29.6. The molecule has 1 atom stereocenters. The largest absolute Gasteiger partial charge is 0.0651 e. The number of hydrogen-bond donors (Lipinski definition) is 0. The second kappa shape index (κ2) is 3.79. The van der Waals surface area contributed by atoms with Gasteiger partial charge in [0.25, 0.3) is 0 Å². The molecule has 0 bridgehead atoms. The third kappa shape index (κ3) is 2.40. The van der Waals surface area contributed by atoms with Crippen molar-refractivity contribution in [3.8, 4) is 0 Å². The Kier molecular flexibility index (Phi) is 2.90. The third-order valence-corrected chi connectivity index (χ3v) is 5.19. The first-order chi connectivity index (χ1) is 6.97. The minimum atomic E-state index is 0.677. The summed E-state index contributed by atoms with van der Waals surface area (Å²) in [5.74, 6) is 2.05. The van der Waals surface area contributed by atoms with Crippen LogP contribution in [0.3, 0.4) is 0 Å². The van der Waals surface area contributed by atoms with Gasteiger partial charge in [-0.1, -0.05) is 40.5 Å². The summed E-state index contributed by atoms with van der Waals surface area (Å²) in [4.78, 5) is 0. The first-order valence-electron chi connectivity index (χ1n) is 6.97. The fraction of sp³-hybridized carbons (Fsp3) is 1.00. The van der Waals surface area contributed by atoms with Crippen molar-refractivity contribution in [3.63, 3.8) is 0 Å². The van der Waals surface area contributed by atoms with Crippen LogP contribution in [0.2, 0.25) is 0 Å². The van der Waals surface area contributed by atoms with Crippen molar-refractivity contribution in [3.05, 3.63) is 0 Å². The maximum Gasteiger partial charge on any atom is -0.0268 e. The summed E-state index contributed by atoms with van der Waals surface area (Å²) in [6, 6.07) is 0. The Balaban J connectivity index is 1.77. The summed E-state index contributed by atoms with van der Waals surface area (Å²) in [5, 5.41) is 0. The maximum atomic E-state index is 2.44. The average Bonchev–Trinajstić information content (AvgIpc) is 2.91. The zero-order valence-corrected chi connectivity index (χ0v) is 11.1. The highest BCUT2D eigenvalue weighted by molar-refractivity contribution is 5.05. The molecule has 0 nitrogen and oxygen atoms in total. The molecule has 0 radical (unpaired) electrons. The van der Waals surface area contributed by atoms with Crippen LogP contribution in [-0.4, -0.2) is 0 Å². The molecule has 2 saturated carbocycles. The molecule has 0 heteroatoms. The van der Waals surface area contributed by atoms with Crippen LogP contribution >= 0.6 is 0 Å². The summed E-state index contributed by atoms with van der Waals surface area (Å²) in [5.41, 5.74) is 1.51. The van der Waals surface area contributed by atoms with E-state index in [2.05, 4.69) is 27.7 Å². The SMILES string of the molecule is CCC(C)CCC1(C2CC(C)(C)C2)CC1. The first kappa shape index (κ1) is 11.5. The Morgan fingerprint density at radius 2 is 1.80 bits per heavy atom. The van der Waals surface area contributed by atoms with E-state index in [-0.39, 0.29) is 0 Å². The summed E-state index contributed by atoms with van der Waals surface area (Å²) in [6.07, 6.45) is 10.5. The van der Waals surface area contributed by atoms with E-state index in [0.717, 1.165) is 17.3 Å². The molecule has 2 fully saturated rings. The molecule has 0 aromatic carbocycles. The molecule has 2 aliphatic rings. The Hall–Kier alpha value is 0. The van der Waals surface area contributed by atoms with Crippen LogP contribution < -0.4 is 0 Å². The molecule has 0 spiro atoms. The van der Waals surface area contributed by atoms with Crippen LogP contribution in [0.5, 0.6) is 0 Å². The lowest BCUT2D eigenvalue weighted by molar-refractivity contribution is 0.0307. The molecule has 2 rings (SSSR count). The van der Waals surface area contributed by atoms with E-state index in [1.807, 2.05) is 0 Å². The molecular formula is C15H28. The number of hydrogen-bond acceptors (Lipinski definition) is 0. The Morgan fingerprint density at radius 3 is 2.20 bits per heavy atom. The predicted octanol–water partition coefficient (Wildman–Crippen LogP) is 5.03. The van der Waals surface area contributed by atoms with Gasteiger partial charge in [-0.2, -0.15) is 0 Å². The zero-order chi connectivity index (χ0) is 11.1. The molecule has 15 heavy (non-hydrogen) atoms. The van der Waals surface area contributed by atoms with Crippen molar-refractivity contribution in [1.29, 1.82) is 0 Å². The van der Waals surface area contributed by atoms with Gasteiger partial charge in [-0.15, -0.1) is 0 Å². The van der Waals surface area contributed by atoms with Crippen molar-refractivity contribution in [2.24, 2.45) is 22.7 Å². The molecule has 0 aromatic heterocycles. The third-order valence-electron chi connectivity index (χ3n) is 5.19. The van der Waals surface area contributed by atoms with Crippen LogP contribution in [0.4, 0.5) is 0 Å². The fourth-order valence-corrected chi connectivity index (χ4v) is 3.47. The number of rotatable bonds is 5. The van der Waals surface area contributed by atoms with Crippen LogP contribution in [0, 0.1) is 22.7 Å². The minimum absolute atomic E-state index is 0.677. The Morgan fingerprint density at radius 1 is 1.20 bits per heavy atom. The minimum Gasteiger partial charge on any atom is -0.0651 e. The van der Waals surface area contributed by atoms with E-state index in [9.17, 15) is 0 Å². The summed E-state index contributed by atoms with van der Waals surface area (Å²) in [7, 11) is 0. The smallest absolute Gasteiger partial charge is 0.0268 e. The van der Waals surface area contributed by atoms with Crippen molar-refractivity contribution in [2.45, 2.75) is 72.6 Å². The fourth-order valence-electron chi connectivity index (χ4n) is 3.47. The highest BCUT2D eigenvalue weighted by Crippen LogP contribution is 2.65. The van der Waals surface area contributed by atoms with Gasteiger partial charge in [0.05, 0.1) is 0 Å². The molecule has 2 aliphatic carbocycles. The quantitative estimate of drug-likeness (QED) is 0.594. The molecule has 1 unspecified atom stereocenters. The van der Waals surface area contributed by atoms with Crippen LogP contribution in [-0.2, 0) is 0 Å². The summed E-state index contributed by atoms with van der Waals surface area (Å²) >= 11 is 0. The van der Waals surface area contributed by atoms with E-state index in [1.165, 1.54) is 32.1 Å². The lowest BCUT2D eigenvalue weighted by Crippen LogP contribution is -2.37. The van der Waals surface area contributed by atoms with Gasteiger partial charge in [0.15, 0.2) is 0 Å². The predicted molar refractivity (Wildman–Crippen MR) is 66.9 cm³/mol. The molecule has 88 valence electrons. The molecule has 0 heterocycles. The van der Waals surface area contributed by atoms with Crippen LogP contribution in [0.15, 0.2) is 0 Å². The van der Waals surface area contributed by atoms with Gasteiger partial charge in [-0.3, -0.25) is 0 Å². The second-order valence-electron chi connectivity index (χ2n) is 7.18. The average molecular weight is 208 g/mol. The Labute approximate surface area is 95.8 Å². The van der Waals surface area contributed by atoms with Gasteiger partial charge in [-0.05, 0) is 54.8 Å². The molecule has 0 aliphatic heterocycles. The standard InChI is InChI=1S/C15H28/c1-5-12(2)6-7-15(8-9-15)13-10-14(3,4)11-13/h12-13H,5-11H2,1-4H3. The highest BCUT2D eigenvalue weighted by atomic mass is 14.6. The molecule has 0 saturated heterocycles. The van der Waals surface area contributed by atoms with Crippen molar-refractivity contribution in [2.75, 3.05) is 0 Å². The van der Waals surface area contributed by atoms with Gasteiger partial charge < -0.3 is 0 Å². The Bertz CT molecular complexity index is 214. The lowest BCUT2D eigenvalue weighted by atomic mass is 9.58. The van der Waals surface area contributed by atoms with E-state index >= 15 is 0 Å². The van der Waals surface area contributed by atoms with Crippen LogP contribution in [0.25, 0.3) is 0 Å². The molecular weight excluding hydrogens is 180 g/mol. The first-order valence-corrected chi connectivity index (χ1v) is 6.97. The van der Waals surface area contributed by atoms with Gasteiger partial charge >= 0.3 is 0 Å².